The fourth-order valence-corrected chi connectivity index (χ4v) is 5.11. The van der Waals surface area contributed by atoms with Gasteiger partial charge in [-0.2, -0.15) is 18.4 Å². The molecule has 0 aliphatic heterocycles. The first kappa shape index (κ1) is 34.1. The van der Waals surface area contributed by atoms with Crippen LogP contribution in [0.5, 0.6) is 5.75 Å². The lowest BCUT2D eigenvalue weighted by atomic mass is 9.97. The summed E-state index contributed by atoms with van der Waals surface area (Å²) in [5.41, 5.74) is 0.984. The summed E-state index contributed by atoms with van der Waals surface area (Å²) in [5, 5.41) is 16.5. The van der Waals surface area contributed by atoms with Gasteiger partial charge in [-0.15, -0.1) is 11.3 Å². The van der Waals surface area contributed by atoms with Gasteiger partial charge in [0.05, 0.1) is 34.0 Å². The molecule has 3 rings (SSSR count). The van der Waals surface area contributed by atoms with Gasteiger partial charge in [-0.05, 0) is 53.4 Å². The largest absolute Gasteiger partial charge is 0.497 e. The van der Waals surface area contributed by atoms with Crippen molar-refractivity contribution < 1.29 is 37.1 Å². The molecule has 0 fully saturated rings. The minimum atomic E-state index is -5.21. The maximum Gasteiger partial charge on any atom is 0.452 e. The van der Waals surface area contributed by atoms with E-state index in [4.69, 9.17) is 16.3 Å². The number of methoxy groups -OCH3 is 1. The Bertz CT molecular complexity index is 1550. The highest BCUT2D eigenvalue weighted by Gasteiger charge is 2.45. The quantitative estimate of drug-likeness (QED) is 0.259. The number of thiophene rings is 1. The third-order valence-corrected chi connectivity index (χ3v) is 7.67. The van der Waals surface area contributed by atoms with Crippen molar-refractivity contribution in [3.8, 4) is 11.8 Å². The van der Waals surface area contributed by atoms with E-state index in [1.165, 1.54) is 63.4 Å². The number of nitrogens with one attached hydrogen (secondary N) is 3. The number of nitrogens with zero attached hydrogens (tertiary/aromatic N) is 1. The maximum atomic E-state index is 13.7. The molecule has 0 unspecified atom stereocenters. The number of ketones is 1. The standard InChI is InChI=1S/C30H28ClF3N4O5S/c1-16(2)24(26(39)30(32,33)34)37-29(42)25(19-7-9-20(43-3)10-8-19)38-27(40)21(14-17-5-4-6-18(13-17)15-35)36-28(41)22-11-12-23(31)44-22/h4-13,16,21,24-25H,14H2,1-3H3,(H,36,41)(H,37,42)(H,38,40)/t21-,24-,25-/m0/s1. The van der Waals surface area contributed by atoms with Gasteiger partial charge in [0.15, 0.2) is 0 Å². The molecule has 232 valence electrons. The van der Waals surface area contributed by atoms with Gasteiger partial charge in [-0.25, -0.2) is 0 Å². The van der Waals surface area contributed by atoms with Crippen LogP contribution >= 0.6 is 22.9 Å². The number of benzene rings is 2. The van der Waals surface area contributed by atoms with Crippen molar-refractivity contribution in [2.75, 3.05) is 7.11 Å². The number of nitriles is 1. The molecule has 0 aliphatic rings. The van der Waals surface area contributed by atoms with Crippen molar-refractivity contribution in [3.05, 3.63) is 86.6 Å². The van der Waals surface area contributed by atoms with Gasteiger partial charge in [0.25, 0.3) is 11.7 Å². The van der Waals surface area contributed by atoms with Crippen LogP contribution in [-0.2, 0) is 20.8 Å². The fraction of sp³-hybridized carbons (Fsp3) is 0.300. The second kappa shape index (κ2) is 14.9. The lowest BCUT2D eigenvalue weighted by Crippen LogP contribution is -2.55. The monoisotopic (exact) mass is 648 g/mol. The van der Waals surface area contributed by atoms with E-state index < -0.39 is 53.7 Å². The second-order valence-electron chi connectivity index (χ2n) is 9.95. The minimum absolute atomic E-state index is 0.107. The Balaban J connectivity index is 1.97. The Morgan fingerprint density at radius 3 is 2.20 bits per heavy atom. The Morgan fingerprint density at radius 1 is 0.977 bits per heavy atom. The Hall–Kier alpha value is -4.41. The zero-order valence-corrected chi connectivity index (χ0v) is 25.3. The summed E-state index contributed by atoms with van der Waals surface area (Å²) in [5.74, 6) is -5.25. The highest BCUT2D eigenvalue weighted by atomic mass is 35.5. The molecule has 2 aromatic carbocycles. The zero-order valence-electron chi connectivity index (χ0n) is 23.7. The van der Waals surface area contributed by atoms with E-state index in [-0.39, 0.29) is 16.9 Å². The van der Waals surface area contributed by atoms with E-state index >= 15 is 0 Å². The average Bonchev–Trinajstić information content (AvgIpc) is 3.43. The summed E-state index contributed by atoms with van der Waals surface area (Å²) >= 11 is 6.93. The molecular weight excluding hydrogens is 621 g/mol. The summed E-state index contributed by atoms with van der Waals surface area (Å²) in [6.07, 6.45) is -5.32. The van der Waals surface area contributed by atoms with Crippen LogP contribution in [-0.4, -0.2) is 48.9 Å². The average molecular weight is 649 g/mol. The van der Waals surface area contributed by atoms with Crippen molar-refractivity contribution >= 4 is 46.4 Å². The molecule has 44 heavy (non-hydrogen) atoms. The number of carbonyl (C=O) groups is 4. The van der Waals surface area contributed by atoms with E-state index in [0.29, 0.717) is 21.2 Å². The molecule has 1 aromatic heterocycles. The number of carbonyl (C=O) groups excluding carboxylic acids is 4. The minimum Gasteiger partial charge on any atom is -0.497 e. The normalized spacial score (nSPS) is 13.2. The third kappa shape index (κ3) is 9.05. The smallest absolute Gasteiger partial charge is 0.452 e. The van der Waals surface area contributed by atoms with Crippen LogP contribution in [0.25, 0.3) is 0 Å². The molecule has 9 nitrogen and oxygen atoms in total. The van der Waals surface area contributed by atoms with Crippen molar-refractivity contribution in [3.63, 3.8) is 0 Å². The molecule has 3 N–H and O–H groups in total. The number of alkyl halides is 3. The van der Waals surface area contributed by atoms with Gasteiger partial charge in [-0.3, -0.25) is 19.2 Å². The highest BCUT2D eigenvalue weighted by molar-refractivity contribution is 7.18. The third-order valence-electron chi connectivity index (χ3n) is 6.44. The molecule has 0 radical (unpaired) electrons. The summed E-state index contributed by atoms with van der Waals surface area (Å²) in [6.45, 7) is 2.68. The van der Waals surface area contributed by atoms with Crippen molar-refractivity contribution in [1.82, 2.24) is 16.0 Å². The SMILES string of the molecule is COc1ccc([C@H](NC(=O)[C@H](Cc2cccc(C#N)c2)NC(=O)c2ccc(Cl)s2)C(=O)N[C@H](C(=O)C(F)(F)F)C(C)C)cc1. The van der Waals surface area contributed by atoms with Gasteiger partial charge in [0, 0.05) is 6.42 Å². The number of amides is 3. The van der Waals surface area contributed by atoms with Crippen LogP contribution in [0, 0.1) is 17.2 Å². The highest BCUT2D eigenvalue weighted by Crippen LogP contribution is 2.24. The molecular formula is C30H28ClF3N4O5S. The predicted octanol–water partition coefficient (Wildman–Crippen LogP) is 4.75. The van der Waals surface area contributed by atoms with Crippen molar-refractivity contribution in [1.29, 1.82) is 5.26 Å². The van der Waals surface area contributed by atoms with E-state index in [0.717, 1.165) is 11.3 Å². The number of hydrogen-bond acceptors (Lipinski definition) is 7. The summed E-state index contributed by atoms with van der Waals surface area (Å²) in [6, 6.07) is 12.3. The van der Waals surface area contributed by atoms with E-state index in [1.54, 1.807) is 18.2 Å². The number of halogens is 4. The molecule has 0 bridgehead atoms. The van der Waals surface area contributed by atoms with Gasteiger partial charge >= 0.3 is 6.18 Å². The van der Waals surface area contributed by atoms with Crippen LogP contribution in [0.1, 0.15) is 46.3 Å². The molecule has 3 aromatic rings. The van der Waals surface area contributed by atoms with Crippen LogP contribution in [0.15, 0.2) is 60.7 Å². The molecule has 0 spiro atoms. The second-order valence-corrected chi connectivity index (χ2v) is 11.7. The summed E-state index contributed by atoms with van der Waals surface area (Å²) in [4.78, 5) is 52.5. The summed E-state index contributed by atoms with van der Waals surface area (Å²) in [7, 11) is 1.41. The molecule has 3 amide bonds. The molecule has 3 atom stereocenters. The van der Waals surface area contributed by atoms with Gasteiger partial charge < -0.3 is 20.7 Å². The molecule has 14 heteroatoms. The van der Waals surface area contributed by atoms with Crippen LogP contribution in [0.4, 0.5) is 13.2 Å². The van der Waals surface area contributed by atoms with Crippen LogP contribution in [0.2, 0.25) is 4.34 Å². The fourth-order valence-electron chi connectivity index (χ4n) is 4.17. The molecule has 0 saturated heterocycles. The maximum absolute atomic E-state index is 13.7. The van der Waals surface area contributed by atoms with E-state index in [1.807, 2.05) is 6.07 Å². The predicted molar refractivity (Wildman–Crippen MR) is 157 cm³/mol. The van der Waals surface area contributed by atoms with Gasteiger partial charge in [-0.1, -0.05) is 49.7 Å². The first-order valence-corrected chi connectivity index (χ1v) is 14.3. The zero-order chi connectivity index (χ0) is 32.6. The van der Waals surface area contributed by atoms with Crippen LogP contribution in [0.3, 0.4) is 0 Å². The lowest BCUT2D eigenvalue weighted by Gasteiger charge is -2.27. The van der Waals surface area contributed by atoms with Gasteiger partial charge in [0.1, 0.15) is 17.8 Å². The first-order chi connectivity index (χ1) is 20.7. The van der Waals surface area contributed by atoms with E-state index in [9.17, 15) is 37.6 Å². The van der Waals surface area contributed by atoms with Crippen molar-refractivity contribution in [2.24, 2.45) is 5.92 Å². The lowest BCUT2D eigenvalue weighted by molar-refractivity contribution is -0.175. The Labute approximate surface area is 260 Å². The Morgan fingerprint density at radius 2 is 1.66 bits per heavy atom. The number of ether oxygens (including phenoxy) is 1. The van der Waals surface area contributed by atoms with Crippen LogP contribution < -0.4 is 20.7 Å². The number of rotatable bonds is 12. The summed E-state index contributed by atoms with van der Waals surface area (Å²) < 4.78 is 45.4. The molecule has 0 saturated carbocycles. The molecule has 1 heterocycles. The Kier molecular flexibility index (Phi) is 11.5. The van der Waals surface area contributed by atoms with E-state index in [2.05, 4.69) is 16.0 Å². The van der Waals surface area contributed by atoms with Crippen molar-refractivity contribution in [2.45, 2.75) is 44.6 Å². The number of Topliss-reactive ketones (excluding diaryl/α,β-unsaturated/α-hetero) is 1. The molecule has 0 aliphatic carbocycles. The number of hydrogen-bond donors (Lipinski definition) is 3. The first-order valence-electron chi connectivity index (χ1n) is 13.1. The van der Waals surface area contributed by atoms with Gasteiger partial charge in [0.2, 0.25) is 11.8 Å². The topological polar surface area (TPSA) is 137 Å².